The van der Waals surface area contributed by atoms with Crippen LogP contribution in [0.5, 0.6) is 0 Å². The van der Waals surface area contributed by atoms with Crippen molar-refractivity contribution < 1.29 is 22.8 Å². The molecule has 0 radical (unpaired) electrons. The largest absolute Gasteiger partial charge is 0.416 e. The Balaban J connectivity index is 0.00000341. The summed E-state index contributed by atoms with van der Waals surface area (Å²) in [5, 5.41) is 2.66. The van der Waals surface area contributed by atoms with Gasteiger partial charge in [0.1, 0.15) is 0 Å². The maximum atomic E-state index is 13.0. The number of halogens is 4. The molecule has 1 unspecified atom stereocenters. The molecule has 1 aliphatic heterocycles. The topological polar surface area (TPSA) is 52.7 Å². The van der Waals surface area contributed by atoms with E-state index in [1.165, 1.54) is 19.1 Å². The van der Waals surface area contributed by atoms with Crippen LogP contribution >= 0.6 is 12.4 Å². The van der Waals surface area contributed by atoms with Gasteiger partial charge in [-0.1, -0.05) is 6.07 Å². The lowest BCUT2D eigenvalue weighted by Crippen LogP contribution is -2.51. The van der Waals surface area contributed by atoms with E-state index in [1.54, 1.807) is 30.3 Å². The van der Waals surface area contributed by atoms with Crippen molar-refractivity contribution in [3.63, 3.8) is 0 Å². The number of ketones is 1. The van der Waals surface area contributed by atoms with Gasteiger partial charge >= 0.3 is 6.18 Å². The number of rotatable bonds is 5. The number of benzene rings is 2. The minimum absolute atomic E-state index is 0. The molecule has 1 amide bonds. The van der Waals surface area contributed by atoms with Crippen LogP contribution in [0.3, 0.4) is 0 Å². The first-order valence-electron chi connectivity index (χ1n) is 9.73. The van der Waals surface area contributed by atoms with Crippen molar-refractivity contribution in [1.82, 2.24) is 4.90 Å². The number of nitrogens with one attached hydrogen (secondary N) is 1. The summed E-state index contributed by atoms with van der Waals surface area (Å²) in [6, 6.07) is 11.7. The van der Waals surface area contributed by atoms with Crippen LogP contribution in [0.2, 0.25) is 0 Å². The third-order valence-corrected chi connectivity index (χ3v) is 5.27. The van der Waals surface area contributed by atoms with E-state index in [9.17, 15) is 22.8 Å². The van der Waals surface area contributed by atoms with Crippen LogP contribution in [-0.2, 0) is 11.0 Å². The predicted molar refractivity (Wildman–Crippen MR) is 117 cm³/mol. The van der Waals surface area contributed by atoms with Crippen molar-refractivity contribution in [2.24, 2.45) is 0 Å². The Morgan fingerprint density at radius 3 is 2.16 bits per heavy atom. The average molecular weight is 456 g/mol. The fourth-order valence-corrected chi connectivity index (χ4v) is 3.57. The van der Waals surface area contributed by atoms with E-state index in [4.69, 9.17) is 0 Å². The van der Waals surface area contributed by atoms with Gasteiger partial charge in [-0.25, -0.2) is 0 Å². The molecule has 0 saturated carbocycles. The van der Waals surface area contributed by atoms with Gasteiger partial charge in [0.2, 0.25) is 5.91 Å². The molecule has 2 aromatic rings. The molecule has 0 bridgehead atoms. The highest BCUT2D eigenvalue weighted by atomic mass is 35.5. The second-order valence-corrected chi connectivity index (χ2v) is 7.37. The molecule has 5 nitrogen and oxygen atoms in total. The number of nitrogens with zero attached hydrogens (tertiary/aromatic N) is 2. The number of hydrogen-bond acceptors (Lipinski definition) is 4. The van der Waals surface area contributed by atoms with Crippen molar-refractivity contribution in [2.45, 2.75) is 26.1 Å². The molecule has 168 valence electrons. The average Bonchev–Trinajstić information content (AvgIpc) is 2.72. The third kappa shape index (κ3) is 6.21. The van der Waals surface area contributed by atoms with E-state index in [0.29, 0.717) is 43.1 Å². The van der Waals surface area contributed by atoms with Gasteiger partial charge in [-0.2, -0.15) is 13.2 Å². The molecule has 3 rings (SSSR count). The number of Topliss-reactive ketones (excluding diaryl/α,β-unsaturated/α-hetero) is 1. The molecule has 9 heteroatoms. The summed E-state index contributed by atoms with van der Waals surface area (Å²) in [4.78, 5) is 27.9. The summed E-state index contributed by atoms with van der Waals surface area (Å²) in [6.07, 6.45) is -4.37. The number of anilines is 2. The molecule has 0 aliphatic carbocycles. The molecular formula is C22H25ClF3N3O2. The quantitative estimate of drug-likeness (QED) is 0.675. The molecule has 0 aromatic heterocycles. The molecule has 1 atom stereocenters. The second-order valence-electron chi connectivity index (χ2n) is 7.37. The standard InChI is InChI=1S/C22H24F3N3O2.ClH/c1-15(21(30)17-6-8-19(9-7-17)26-16(2)29)27-10-12-28(13-11-27)20-5-3-4-18(14-20)22(23,24)25;/h3-9,14-15H,10-13H2,1-2H3,(H,26,29);1H. The molecule has 1 aliphatic rings. The Kier molecular flexibility index (Phi) is 8.08. The van der Waals surface area contributed by atoms with Crippen molar-refractivity contribution >= 4 is 35.5 Å². The van der Waals surface area contributed by atoms with E-state index in [1.807, 2.05) is 16.7 Å². The Labute approximate surface area is 185 Å². The van der Waals surface area contributed by atoms with Crippen LogP contribution in [0, 0.1) is 0 Å². The fourth-order valence-electron chi connectivity index (χ4n) is 3.57. The van der Waals surface area contributed by atoms with E-state index >= 15 is 0 Å². The minimum Gasteiger partial charge on any atom is -0.369 e. The van der Waals surface area contributed by atoms with Gasteiger partial charge in [-0.05, 0) is 49.4 Å². The highest BCUT2D eigenvalue weighted by molar-refractivity contribution is 6.00. The maximum Gasteiger partial charge on any atom is 0.416 e. The molecule has 1 heterocycles. The molecule has 1 fully saturated rings. The smallest absolute Gasteiger partial charge is 0.369 e. The first-order chi connectivity index (χ1) is 14.1. The monoisotopic (exact) mass is 455 g/mol. The zero-order valence-corrected chi connectivity index (χ0v) is 18.1. The summed E-state index contributed by atoms with van der Waals surface area (Å²) in [5.74, 6) is -0.210. The number of hydrogen-bond donors (Lipinski definition) is 1. The van der Waals surface area contributed by atoms with Crippen molar-refractivity contribution in [3.8, 4) is 0 Å². The van der Waals surface area contributed by atoms with E-state index in [-0.39, 0.29) is 30.1 Å². The lowest BCUT2D eigenvalue weighted by atomic mass is 10.0. The van der Waals surface area contributed by atoms with Crippen LogP contribution in [0.1, 0.15) is 29.8 Å². The Morgan fingerprint density at radius 1 is 1.00 bits per heavy atom. The first-order valence-corrected chi connectivity index (χ1v) is 9.73. The number of carbonyl (C=O) groups excluding carboxylic acids is 2. The normalized spacial score (nSPS) is 15.7. The SMILES string of the molecule is CC(=O)Nc1ccc(C(=O)C(C)N2CCN(c3cccc(C(F)(F)F)c3)CC2)cc1.Cl. The summed E-state index contributed by atoms with van der Waals surface area (Å²) < 4.78 is 38.9. The lowest BCUT2D eigenvalue weighted by Gasteiger charge is -2.38. The highest BCUT2D eigenvalue weighted by Gasteiger charge is 2.31. The Hall–Kier alpha value is -2.58. The van der Waals surface area contributed by atoms with Crippen LogP contribution in [0.25, 0.3) is 0 Å². The first kappa shape index (κ1) is 24.7. The van der Waals surface area contributed by atoms with Gasteiger partial charge in [0.05, 0.1) is 11.6 Å². The number of alkyl halides is 3. The summed E-state index contributed by atoms with van der Waals surface area (Å²) >= 11 is 0. The fraction of sp³-hybridized carbons (Fsp3) is 0.364. The van der Waals surface area contributed by atoms with Crippen LogP contribution < -0.4 is 10.2 Å². The second kappa shape index (κ2) is 10.2. The lowest BCUT2D eigenvalue weighted by molar-refractivity contribution is -0.137. The van der Waals surface area contributed by atoms with Gasteiger partial charge < -0.3 is 10.2 Å². The molecule has 0 spiro atoms. The number of carbonyl (C=O) groups is 2. The summed E-state index contributed by atoms with van der Waals surface area (Å²) in [6.45, 7) is 5.49. The summed E-state index contributed by atoms with van der Waals surface area (Å²) in [5.41, 5.74) is 1.06. The molecular weight excluding hydrogens is 431 g/mol. The third-order valence-electron chi connectivity index (χ3n) is 5.27. The van der Waals surface area contributed by atoms with E-state index in [2.05, 4.69) is 5.32 Å². The van der Waals surface area contributed by atoms with Crippen molar-refractivity contribution in [2.75, 3.05) is 36.4 Å². The molecule has 31 heavy (non-hydrogen) atoms. The van der Waals surface area contributed by atoms with Gasteiger partial charge in [0, 0.05) is 50.0 Å². The van der Waals surface area contributed by atoms with Gasteiger partial charge in [0.15, 0.2) is 5.78 Å². The van der Waals surface area contributed by atoms with Crippen LogP contribution in [-0.4, -0.2) is 48.8 Å². The Morgan fingerprint density at radius 2 is 1.61 bits per heavy atom. The molecule has 1 saturated heterocycles. The zero-order chi connectivity index (χ0) is 21.9. The number of amides is 1. The van der Waals surface area contributed by atoms with Gasteiger partial charge in [-0.3, -0.25) is 14.5 Å². The zero-order valence-electron chi connectivity index (χ0n) is 17.3. The maximum absolute atomic E-state index is 13.0. The van der Waals surface area contributed by atoms with E-state index < -0.39 is 11.7 Å². The Bertz CT molecular complexity index is 911. The molecule has 2 aromatic carbocycles. The van der Waals surface area contributed by atoms with Crippen molar-refractivity contribution in [3.05, 3.63) is 59.7 Å². The van der Waals surface area contributed by atoms with Crippen LogP contribution in [0.4, 0.5) is 24.5 Å². The van der Waals surface area contributed by atoms with Gasteiger partial charge in [0.25, 0.3) is 0 Å². The minimum atomic E-state index is -4.37. The highest BCUT2D eigenvalue weighted by Crippen LogP contribution is 2.32. The van der Waals surface area contributed by atoms with Crippen molar-refractivity contribution in [1.29, 1.82) is 0 Å². The molecule has 1 N–H and O–H groups in total. The number of piperazine rings is 1. The predicted octanol–water partition coefficient (Wildman–Crippen LogP) is 4.48. The summed E-state index contributed by atoms with van der Waals surface area (Å²) in [7, 11) is 0. The van der Waals surface area contributed by atoms with Crippen LogP contribution in [0.15, 0.2) is 48.5 Å². The van der Waals surface area contributed by atoms with Gasteiger partial charge in [-0.15, -0.1) is 12.4 Å². The van der Waals surface area contributed by atoms with E-state index in [0.717, 1.165) is 6.07 Å².